The molecule has 0 amide bonds. The molecule has 2 heterocycles. The van der Waals surface area contributed by atoms with Crippen molar-refractivity contribution >= 4 is 38.8 Å². The van der Waals surface area contributed by atoms with Gasteiger partial charge in [-0.3, -0.25) is 0 Å². The van der Waals surface area contributed by atoms with Crippen LogP contribution < -0.4 is 5.32 Å². The first-order valence-corrected chi connectivity index (χ1v) is 7.34. The summed E-state index contributed by atoms with van der Waals surface area (Å²) in [4.78, 5) is 4.42. The lowest BCUT2D eigenvalue weighted by Gasteiger charge is -2.11. The van der Waals surface area contributed by atoms with Crippen molar-refractivity contribution in [2.24, 2.45) is 5.92 Å². The third kappa shape index (κ3) is 2.40. The average Bonchev–Trinajstić information content (AvgIpc) is 2.94. The van der Waals surface area contributed by atoms with Gasteiger partial charge in [0.1, 0.15) is 5.82 Å². The van der Waals surface area contributed by atoms with Crippen molar-refractivity contribution < 1.29 is 0 Å². The Hall–Kier alpha value is -0.800. The molecule has 2 nitrogen and oxygen atoms in total. The smallest absolute Gasteiger partial charge is 0.134 e. The average molecular weight is 267 g/mol. The maximum absolute atomic E-state index is 6.12. The highest BCUT2D eigenvalue weighted by Gasteiger charge is 2.22. The number of nitrogens with zero attached hydrogens (tertiary/aromatic N) is 1. The van der Waals surface area contributed by atoms with Crippen molar-refractivity contribution in [2.75, 3.05) is 11.9 Å². The van der Waals surface area contributed by atoms with Crippen LogP contribution in [0.25, 0.3) is 10.1 Å². The van der Waals surface area contributed by atoms with Crippen molar-refractivity contribution in [1.82, 2.24) is 4.98 Å². The molecule has 2 aromatic heterocycles. The molecule has 90 valence electrons. The topological polar surface area (TPSA) is 24.9 Å². The first kappa shape index (κ1) is 11.3. The molecule has 1 N–H and O–H groups in total. The van der Waals surface area contributed by atoms with Crippen LogP contribution in [0.5, 0.6) is 0 Å². The van der Waals surface area contributed by atoms with E-state index in [1.807, 2.05) is 6.20 Å². The van der Waals surface area contributed by atoms with Gasteiger partial charge in [-0.15, -0.1) is 22.9 Å². The Balaban J connectivity index is 1.70. The van der Waals surface area contributed by atoms with E-state index in [1.165, 1.54) is 16.5 Å². The molecule has 1 saturated carbocycles. The van der Waals surface area contributed by atoms with E-state index in [2.05, 4.69) is 27.8 Å². The minimum Gasteiger partial charge on any atom is -0.369 e. The molecular weight excluding hydrogens is 252 g/mol. The van der Waals surface area contributed by atoms with Crippen LogP contribution in [-0.2, 0) is 0 Å². The summed E-state index contributed by atoms with van der Waals surface area (Å²) >= 11 is 7.88. The zero-order valence-corrected chi connectivity index (χ0v) is 11.1. The highest BCUT2D eigenvalue weighted by molar-refractivity contribution is 7.17. The lowest BCUT2D eigenvalue weighted by atomic mass is 10.1. The summed E-state index contributed by atoms with van der Waals surface area (Å²) in [6.07, 6.45) is 5.40. The molecule has 1 aliphatic rings. The highest BCUT2D eigenvalue weighted by atomic mass is 35.5. The minimum atomic E-state index is 0.381. The number of pyridine rings is 1. The second-order valence-electron chi connectivity index (χ2n) is 4.65. The number of hydrogen-bond donors (Lipinski definition) is 1. The molecule has 1 fully saturated rings. The van der Waals surface area contributed by atoms with Crippen molar-refractivity contribution in [1.29, 1.82) is 0 Å². The molecule has 3 rings (SSSR count). The van der Waals surface area contributed by atoms with E-state index in [0.29, 0.717) is 11.3 Å². The van der Waals surface area contributed by atoms with Gasteiger partial charge in [-0.1, -0.05) is 0 Å². The van der Waals surface area contributed by atoms with E-state index in [4.69, 9.17) is 11.6 Å². The number of rotatable bonds is 3. The zero-order chi connectivity index (χ0) is 11.7. The van der Waals surface area contributed by atoms with Gasteiger partial charge in [-0.05, 0) is 42.7 Å². The van der Waals surface area contributed by atoms with Crippen molar-refractivity contribution in [3.8, 4) is 0 Å². The summed E-state index contributed by atoms with van der Waals surface area (Å²) < 4.78 is 1.30. The Bertz CT molecular complexity index is 511. The summed E-state index contributed by atoms with van der Waals surface area (Å²) in [5, 5.41) is 7.20. The van der Waals surface area contributed by atoms with Gasteiger partial charge in [0.15, 0.2) is 0 Å². The highest BCUT2D eigenvalue weighted by Crippen LogP contribution is 2.30. The van der Waals surface area contributed by atoms with Crippen LogP contribution in [0.2, 0.25) is 0 Å². The molecule has 2 aromatic rings. The Kier molecular flexibility index (Phi) is 3.21. The number of aromatic nitrogens is 1. The Morgan fingerprint density at radius 1 is 1.41 bits per heavy atom. The van der Waals surface area contributed by atoms with E-state index in [-0.39, 0.29) is 0 Å². The summed E-state index contributed by atoms with van der Waals surface area (Å²) in [7, 11) is 0. The number of hydrogen-bond acceptors (Lipinski definition) is 3. The van der Waals surface area contributed by atoms with Gasteiger partial charge in [0.25, 0.3) is 0 Å². The number of anilines is 1. The molecule has 1 aliphatic carbocycles. The molecule has 17 heavy (non-hydrogen) atoms. The largest absolute Gasteiger partial charge is 0.369 e. The molecule has 2 atom stereocenters. The molecule has 0 aromatic carbocycles. The fourth-order valence-electron chi connectivity index (χ4n) is 2.48. The predicted molar refractivity (Wildman–Crippen MR) is 75.1 cm³/mol. The van der Waals surface area contributed by atoms with E-state index >= 15 is 0 Å². The quantitative estimate of drug-likeness (QED) is 0.846. The SMILES string of the molecule is ClC1CCC(CNc2nccc3sccc23)C1. The fourth-order valence-corrected chi connectivity index (χ4v) is 3.64. The lowest BCUT2D eigenvalue weighted by Crippen LogP contribution is -2.12. The maximum atomic E-state index is 6.12. The van der Waals surface area contributed by atoms with Crippen LogP contribution in [0.3, 0.4) is 0 Å². The third-order valence-electron chi connectivity index (χ3n) is 3.42. The minimum absolute atomic E-state index is 0.381. The van der Waals surface area contributed by atoms with E-state index in [9.17, 15) is 0 Å². The number of fused-ring (bicyclic) bond motifs is 1. The first-order valence-electron chi connectivity index (χ1n) is 6.03. The van der Waals surface area contributed by atoms with Gasteiger partial charge in [0.2, 0.25) is 0 Å². The Morgan fingerprint density at radius 2 is 2.35 bits per heavy atom. The zero-order valence-electron chi connectivity index (χ0n) is 9.53. The van der Waals surface area contributed by atoms with Crippen molar-refractivity contribution in [3.63, 3.8) is 0 Å². The second-order valence-corrected chi connectivity index (χ2v) is 6.21. The van der Waals surface area contributed by atoms with Gasteiger partial charge < -0.3 is 5.32 Å². The second kappa shape index (κ2) is 4.83. The molecule has 0 saturated heterocycles. The van der Waals surface area contributed by atoms with E-state index < -0.39 is 0 Å². The van der Waals surface area contributed by atoms with Gasteiger partial charge >= 0.3 is 0 Å². The normalized spacial score (nSPS) is 24.3. The van der Waals surface area contributed by atoms with Crippen LogP contribution in [0, 0.1) is 5.92 Å². The number of nitrogens with one attached hydrogen (secondary N) is 1. The number of thiophene rings is 1. The molecule has 0 radical (unpaired) electrons. The van der Waals surface area contributed by atoms with Crippen LogP contribution in [-0.4, -0.2) is 16.9 Å². The molecule has 0 bridgehead atoms. The standard InChI is InChI=1S/C13H15ClN2S/c14-10-2-1-9(7-10)8-16-13-11-4-6-17-12(11)3-5-15-13/h3-6,9-10H,1-2,7-8H2,(H,15,16). The fraction of sp³-hybridized carbons (Fsp3) is 0.462. The Labute approximate surface area is 110 Å². The summed E-state index contributed by atoms with van der Waals surface area (Å²) in [5.41, 5.74) is 0. The molecular formula is C13H15ClN2S. The van der Waals surface area contributed by atoms with Crippen LogP contribution >= 0.6 is 22.9 Å². The summed E-state index contributed by atoms with van der Waals surface area (Å²) in [5.74, 6) is 1.72. The monoisotopic (exact) mass is 266 g/mol. The van der Waals surface area contributed by atoms with Gasteiger partial charge in [-0.2, -0.15) is 0 Å². The maximum Gasteiger partial charge on any atom is 0.134 e. The summed E-state index contributed by atoms with van der Waals surface area (Å²) in [6, 6.07) is 4.20. The Morgan fingerprint density at radius 3 is 3.18 bits per heavy atom. The van der Waals surface area contributed by atoms with Gasteiger partial charge in [0, 0.05) is 28.2 Å². The number of halogens is 1. The first-order chi connectivity index (χ1) is 8.33. The van der Waals surface area contributed by atoms with Crippen LogP contribution in [0.15, 0.2) is 23.7 Å². The van der Waals surface area contributed by atoms with E-state index in [1.54, 1.807) is 11.3 Å². The molecule has 0 aliphatic heterocycles. The van der Waals surface area contributed by atoms with Crippen molar-refractivity contribution in [2.45, 2.75) is 24.6 Å². The molecule has 0 spiro atoms. The van der Waals surface area contributed by atoms with E-state index in [0.717, 1.165) is 25.2 Å². The summed E-state index contributed by atoms with van der Waals surface area (Å²) in [6.45, 7) is 0.991. The van der Waals surface area contributed by atoms with Crippen molar-refractivity contribution in [3.05, 3.63) is 23.7 Å². The number of alkyl halides is 1. The van der Waals surface area contributed by atoms with Crippen LogP contribution in [0.4, 0.5) is 5.82 Å². The van der Waals surface area contributed by atoms with Gasteiger partial charge in [-0.25, -0.2) is 4.98 Å². The third-order valence-corrected chi connectivity index (χ3v) is 4.69. The molecule has 4 heteroatoms. The lowest BCUT2D eigenvalue weighted by molar-refractivity contribution is 0.580. The predicted octanol–water partition coefficient (Wildman–Crippen LogP) is 4.12. The van der Waals surface area contributed by atoms with Crippen LogP contribution in [0.1, 0.15) is 19.3 Å². The van der Waals surface area contributed by atoms with Gasteiger partial charge in [0.05, 0.1) is 0 Å². The molecule has 2 unspecified atom stereocenters.